The van der Waals surface area contributed by atoms with Crippen LogP contribution in [0.15, 0.2) is 18.2 Å². The molecule has 8 heteroatoms. The molecule has 0 fully saturated rings. The summed E-state index contributed by atoms with van der Waals surface area (Å²) in [6.07, 6.45) is 0.0662. The van der Waals surface area contributed by atoms with E-state index >= 15 is 0 Å². The van der Waals surface area contributed by atoms with Crippen LogP contribution in [0.5, 0.6) is 5.75 Å². The molecule has 6 nitrogen and oxygen atoms in total. The minimum Gasteiger partial charge on any atom is -0.506 e. The Bertz CT molecular complexity index is 558. The Morgan fingerprint density at radius 3 is 2.74 bits per heavy atom. The third-order valence-corrected chi connectivity index (χ3v) is 3.60. The van der Waals surface area contributed by atoms with Gasteiger partial charge < -0.3 is 9.84 Å². The molecule has 0 amide bonds. The number of benzene rings is 1. The van der Waals surface area contributed by atoms with Gasteiger partial charge in [-0.2, -0.15) is 0 Å². The number of esters is 1. The molecule has 1 rings (SSSR count). The highest BCUT2D eigenvalue weighted by molar-refractivity contribution is 7.92. The number of hydrogen-bond donors (Lipinski definition) is 2. The fraction of sp³-hybridized carbons (Fsp3) is 0.364. The molecule has 0 aromatic heterocycles. The van der Waals surface area contributed by atoms with Crippen LogP contribution in [0.3, 0.4) is 0 Å². The zero-order valence-electron chi connectivity index (χ0n) is 10.2. The van der Waals surface area contributed by atoms with Gasteiger partial charge in [-0.15, -0.1) is 0 Å². The van der Waals surface area contributed by atoms with Crippen molar-refractivity contribution in [2.24, 2.45) is 0 Å². The third-order valence-electron chi connectivity index (χ3n) is 2.25. The second kappa shape index (κ2) is 6.37. The van der Waals surface area contributed by atoms with Gasteiger partial charge >= 0.3 is 5.97 Å². The largest absolute Gasteiger partial charge is 0.506 e. The van der Waals surface area contributed by atoms with Crippen molar-refractivity contribution in [2.45, 2.75) is 12.8 Å². The average Bonchev–Trinajstić information content (AvgIpc) is 2.32. The maximum absolute atomic E-state index is 12.7. The van der Waals surface area contributed by atoms with Crippen molar-refractivity contribution in [3.8, 4) is 5.75 Å². The molecule has 1 aromatic carbocycles. The van der Waals surface area contributed by atoms with Crippen LogP contribution in [-0.2, 0) is 19.6 Å². The molecule has 0 bridgehead atoms. The summed E-state index contributed by atoms with van der Waals surface area (Å²) < 4.78 is 42.5. The van der Waals surface area contributed by atoms with Gasteiger partial charge in [-0.3, -0.25) is 9.52 Å². The van der Waals surface area contributed by atoms with E-state index in [1.54, 1.807) is 0 Å². The standard InChI is InChI=1S/C11H14FNO5S/c1-18-11(15)3-2-6-19(16,17)13-9-5-4-8(12)7-10(9)14/h4-5,7,13-14H,2-3,6H2,1H3. The van der Waals surface area contributed by atoms with Gasteiger partial charge in [0, 0.05) is 12.5 Å². The van der Waals surface area contributed by atoms with Gasteiger partial charge in [0.25, 0.3) is 0 Å². The number of sulfonamides is 1. The summed E-state index contributed by atoms with van der Waals surface area (Å²) in [6.45, 7) is 0. The Labute approximate surface area is 110 Å². The summed E-state index contributed by atoms with van der Waals surface area (Å²) in [4.78, 5) is 10.8. The number of anilines is 1. The van der Waals surface area contributed by atoms with Crippen LogP contribution in [0.2, 0.25) is 0 Å². The molecule has 0 atom stereocenters. The summed E-state index contributed by atoms with van der Waals surface area (Å²) >= 11 is 0. The third kappa shape index (κ3) is 5.12. The number of aromatic hydroxyl groups is 1. The molecule has 0 aliphatic heterocycles. The Morgan fingerprint density at radius 2 is 2.16 bits per heavy atom. The lowest BCUT2D eigenvalue weighted by Crippen LogP contribution is -2.17. The molecule has 2 N–H and O–H groups in total. The first-order valence-electron chi connectivity index (χ1n) is 5.40. The first kappa shape index (κ1) is 15.2. The molecule has 1 aromatic rings. The highest BCUT2D eigenvalue weighted by Gasteiger charge is 2.14. The number of halogens is 1. The number of phenolic OH excluding ortho intramolecular Hbond substituents is 1. The minimum atomic E-state index is -3.71. The Morgan fingerprint density at radius 1 is 1.47 bits per heavy atom. The second-order valence-corrected chi connectivity index (χ2v) is 5.60. The summed E-state index contributed by atoms with van der Waals surface area (Å²) in [5, 5.41) is 9.37. The number of rotatable bonds is 6. The predicted octanol–water partition coefficient (Wildman–Crippen LogP) is 1.23. The molecule has 0 saturated heterocycles. The molecule has 0 aliphatic carbocycles. The van der Waals surface area contributed by atoms with E-state index < -0.39 is 27.6 Å². The molecule has 106 valence electrons. The van der Waals surface area contributed by atoms with E-state index in [4.69, 9.17) is 0 Å². The van der Waals surface area contributed by atoms with Gasteiger partial charge in [-0.25, -0.2) is 12.8 Å². The summed E-state index contributed by atoms with van der Waals surface area (Å²) in [6, 6.07) is 2.93. The van der Waals surface area contributed by atoms with Gasteiger partial charge in [0.2, 0.25) is 10.0 Å². The van der Waals surface area contributed by atoms with Crippen LogP contribution in [0, 0.1) is 5.82 Å². The molecule has 0 radical (unpaired) electrons. The summed E-state index contributed by atoms with van der Waals surface area (Å²) in [7, 11) is -2.50. The van der Waals surface area contributed by atoms with Crippen LogP contribution >= 0.6 is 0 Å². The van der Waals surface area contributed by atoms with Gasteiger partial charge in [-0.05, 0) is 18.6 Å². The number of hydrogen-bond acceptors (Lipinski definition) is 5. The smallest absolute Gasteiger partial charge is 0.305 e. The topological polar surface area (TPSA) is 92.7 Å². The quantitative estimate of drug-likeness (QED) is 0.607. The van der Waals surface area contributed by atoms with Crippen molar-refractivity contribution in [3.63, 3.8) is 0 Å². The van der Waals surface area contributed by atoms with Crippen LogP contribution in [0.4, 0.5) is 10.1 Å². The number of carbonyl (C=O) groups excluding carboxylic acids is 1. The van der Waals surface area contributed by atoms with E-state index in [1.165, 1.54) is 7.11 Å². The van der Waals surface area contributed by atoms with Crippen molar-refractivity contribution in [2.75, 3.05) is 17.6 Å². The number of phenols is 1. The molecule has 0 saturated carbocycles. The number of carbonyl (C=O) groups is 1. The van der Waals surface area contributed by atoms with Crippen LogP contribution in [0.25, 0.3) is 0 Å². The monoisotopic (exact) mass is 291 g/mol. The summed E-state index contributed by atoms with van der Waals surface area (Å²) in [5.41, 5.74) is -0.112. The van der Waals surface area contributed by atoms with Crippen molar-refractivity contribution in [1.29, 1.82) is 0 Å². The SMILES string of the molecule is COC(=O)CCCS(=O)(=O)Nc1ccc(F)cc1O. The lowest BCUT2D eigenvalue weighted by atomic mass is 10.3. The molecule has 0 aliphatic rings. The van der Waals surface area contributed by atoms with Crippen molar-refractivity contribution >= 4 is 21.7 Å². The minimum absolute atomic E-state index is 0.0210. The molecule has 19 heavy (non-hydrogen) atoms. The predicted molar refractivity (Wildman–Crippen MR) is 66.7 cm³/mol. The van der Waals surface area contributed by atoms with Crippen LogP contribution in [-0.4, -0.2) is 32.4 Å². The zero-order chi connectivity index (χ0) is 14.5. The maximum Gasteiger partial charge on any atom is 0.305 e. The highest BCUT2D eigenvalue weighted by Crippen LogP contribution is 2.24. The van der Waals surface area contributed by atoms with Gasteiger partial charge in [0.1, 0.15) is 11.6 Å². The second-order valence-electron chi connectivity index (χ2n) is 3.76. The molecule has 0 heterocycles. The van der Waals surface area contributed by atoms with Crippen LogP contribution < -0.4 is 4.72 Å². The van der Waals surface area contributed by atoms with E-state index in [-0.39, 0.29) is 24.3 Å². The number of ether oxygens (including phenoxy) is 1. The van der Waals surface area contributed by atoms with Crippen molar-refractivity contribution < 1.29 is 27.4 Å². The zero-order valence-corrected chi connectivity index (χ0v) is 11.0. The average molecular weight is 291 g/mol. The van der Waals surface area contributed by atoms with Crippen LogP contribution in [0.1, 0.15) is 12.8 Å². The van der Waals surface area contributed by atoms with E-state index in [2.05, 4.69) is 9.46 Å². The molecular weight excluding hydrogens is 277 g/mol. The maximum atomic E-state index is 12.7. The molecule has 0 unspecified atom stereocenters. The highest BCUT2D eigenvalue weighted by atomic mass is 32.2. The Balaban J connectivity index is 2.61. The fourth-order valence-corrected chi connectivity index (χ4v) is 2.45. The van der Waals surface area contributed by atoms with E-state index in [1.807, 2.05) is 0 Å². The van der Waals surface area contributed by atoms with Gasteiger partial charge in [-0.1, -0.05) is 0 Å². The Hall–Kier alpha value is -1.83. The van der Waals surface area contributed by atoms with Gasteiger partial charge in [0.15, 0.2) is 0 Å². The number of methoxy groups -OCH3 is 1. The van der Waals surface area contributed by atoms with Gasteiger partial charge in [0.05, 0.1) is 18.6 Å². The lowest BCUT2D eigenvalue weighted by molar-refractivity contribution is -0.140. The van der Waals surface area contributed by atoms with E-state index in [0.29, 0.717) is 0 Å². The first-order chi connectivity index (χ1) is 8.84. The summed E-state index contributed by atoms with van der Waals surface area (Å²) in [5.74, 6) is -1.98. The Kier molecular flexibility index (Phi) is 5.11. The van der Waals surface area contributed by atoms with E-state index in [0.717, 1.165) is 18.2 Å². The first-order valence-corrected chi connectivity index (χ1v) is 7.05. The van der Waals surface area contributed by atoms with E-state index in [9.17, 15) is 22.7 Å². The normalized spacial score (nSPS) is 11.1. The van der Waals surface area contributed by atoms with Crippen molar-refractivity contribution in [3.05, 3.63) is 24.0 Å². The lowest BCUT2D eigenvalue weighted by Gasteiger charge is -2.09. The fourth-order valence-electron chi connectivity index (χ4n) is 1.32. The molecular formula is C11H14FNO5S. The molecule has 0 spiro atoms. The number of nitrogens with one attached hydrogen (secondary N) is 1. The van der Waals surface area contributed by atoms with Crippen molar-refractivity contribution in [1.82, 2.24) is 0 Å².